The third-order valence-corrected chi connectivity index (χ3v) is 4.73. The van der Waals surface area contributed by atoms with Gasteiger partial charge >= 0.3 is 0 Å². The average Bonchev–Trinajstić information content (AvgIpc) is 3.11. The number of benzene rings is 2. The molecule has 0 radical (unpaired) electrons. The summed E-state index contributed by atoms with van der Waals surface area (Å²) in [5.41, 5.74) is 4.91. The van der Waals surface area contributed by atoms with Crippen LogP contribution in [0.5, 0.6) is 0 Å². The highest BCUT2D eigenvalue weighted by Gasteiger charge is 2.17. The van der Waals surface area contributed by atoms with Gasteiger partial charge in [-0.2, -0.15) is 0 Å². The van der Waals surface area contributed by atoms with Crippen LogP contribution in [-0.4, -0.2) is 27.3 Å². The molecule has 0 unspecified atom stereocenters. The Morgan fingerprint density at radius 1 is 1.00 bits per heavy atom. The minimum Gasteiger partial charge on any atom is -0.310 e. The number of amides is 1. The number of aromatic nitrogens is 3. The van der Waals surface area contributed by atoms with E-state index in [9.17, 15) is 4.79 Å². The second-order valence-corrected chi connectivity index (χ2v) is 6.79. The van der Waals surface area contributed by atoms with Gasteiger partial charge in [0.25, 0.3) is 5.91 Å². The molecule has 5 nitrogen and oxygen atoms in total. The van der Waals surface area contributed by atoms with Gasteiger partial charge in [-0.05, 0) is 31.2 Å². The number of carbonyl (C=O) groups excluding carboxylic acids is 1. The van der Waals surface area contributed by atoms with Crippen molar-refractivity contribution < 1.29 is 4.79 Å². The van der Waals surface area contributed by atoms with Gasteiger partial charge in [0.15, 0.2) is 5.65 Å². The van der Waals surface area contributed by atoms with Gasteiger partial charge in [-0.3, -0.25) is 9.20 Å². The quantitative estimate of drug-likeness (QED) is 0.523. The molecule has 4 aromatic rings. The molecule has 0 N–H and O–H groups in total. The van der Waals surface area contributed by atoms with Crippen molar-refractivity contribution in [3.63, 3.8) is 0 Å². The highest BCUT2D eigenvalue weighted by atomic mass is 35.5. The molecule has 2 aromatic heterocycles. The van der Waals surface area contributed by atoms with E-state index in [4.69, 9.17) is 11.6 Å². The third kappa shape index (κ3) is 3.29. The number of rotatable bonds is 3. The lowest BCUT2D eigenvalue weighted by atomic mass is 10.1. The molecular formula is C21H17ClN4O. The summed E-state index contributed by atoms with van der Waals surface area (Å²) < 4.78 is 1.89. The lowest BCUT2D eigenvalue weighted by molar-refractivity contribution is 0.0988. The van der Waals surface area contributed by atoms with Crippen LogP contribution in [0.1, 0.15) is 16.1 Å². The summed E-state index contributed by atoms with van der Waals surface area (Å²) in [6.45, 7) is 2.05. The number of imidazole rings is 1. The van der Waals surface area contributed by atoms with Gasteiger partial charge in [0, 0.05) is 29.5 Å². The normalized spacial score (nSPS) is 10.9. The lowest BCUT2D eigenvalue weighted by Crippen LogP contribution is -2.27. The molecule has 0 saturated carbocycles. The molecule has 2 heterocycles. The Labute approximate surface area is 161 Å². The summed E-state index contributed by atoms with van der Waals surface area (Å²) in [7, 11) is 1.71. The van der Waals surface area contributed by atoms with E-state index in [1.165, 1.54) is 5.56 Å². The van der Waals surface area contributed by atoms with Gasteiger partial charge in [-0.1, -0.05) is 41.4 Å². The molecule has 0 aliphatic heterocycles. The van der Waals surface area contributed by atoms with Gasteiger partial charge in [0.1, 0.15) is 5.69 Å². The van der Waals surface area contributed by atoms with Crippen LogP contribution < -0.4 is 4.90 Å². The molecule has 134 valence electrons. The Bertz CT molecular complexity index is 1120. The molecule has 2 aromatic carbocycles. The van der Waals surface area contributed by atoms with Crippen LogP contribution in [0.2, 0.25) is 5.02 Å². The van der Waals surface area contributed by atoms with Gasteiger partial charge in [0.2, 0.25) is 0 Å². The number of halogens is 1. The van der Waals surface area contributed by atoms with Crippen LogP contribution in [0.4, 0.5) is 5.69 Å². The second kappa shape index (κ2) is 6.85. The average molecular weight is 377 g/mol. The van der Waals surface area contributed by atoms with Crippen molar-refractivity contribution >= 4 is 28.8 Å². The Balaban J connectivity index is 1.72. The van der Waals surface area contributed by atoms with Gasteiger partial charge in [0.05, 0.1) is 18.1 Å². The Kier molecular flexibility index (Phi) is 4.38. The number of nitrogens with zero attached hydrogens (tertiary/aromatic N) is 4. The van der Waals surface area contributed by atoms with Crippen LogP contribution in [-0.2, 0) is 0 Å². The monoisotopic (exact) mass is 376 g/mol. The SMILES string of the molecule is Cc1ccc(-c2cnc3cnc(C(=O)N(C)c4ccc(Cl)cc4)cn23)cc1. The molecular weight excluding hydrogens is 360 g/mol. The maximum absolute atomic E-state index is 12.9. The van der Waals surface area contributed by atoms with Crippen molar-refractivity contribution in [3.8, 4) is 11.3 Å². The fourth-order valence-corrected chi connectivity index (χ4v) is 3.02. The largest absolute Gasteiger partial charge is 0.310 e. The summed E-state index contributed by atoms with van der Waals surface area (Å²) in [5, 5.41) is 0.625. The first-order valence-electron chi connectivity index (χ1n) is 8.47. The van der Waals surface area contributed by atoms with Crippen molar-refractivity contribution in [2.45, 2.75) is 6.92 Å². The van der Waals surface area contributed by atoms with Crippen molar-refractivity contribution in [1.29, 1.82) is 0 Å². The summed E-state index contributed by atoms with van der Waals surface area (Å²) in [4.78, 5) is 23.1. The predicted molar refractivity (Wildman–Crippen MR) is 107 cm³/mol. The minimum absolute atomic E-state index is 0.206. The van der Waals surface area contributed by atoms with Crippen LogP contribution in [0.25, 0.3) is 16.9 Å². The molecule has 0 spiro atoms. The predicted octanol–water partition coefficient (Wildman–Crippen LogP) is 4.63. The van der Waals surface area contributed by atoms with Crippen molar-refractivity contribution in [3.05, 3.63) is 83.4 Å². The van der Waals surface area contributed by atoms with E-state index < -0.39 is 0 Å². The minimum atomic E-state index is -0.206. The molecule has 0 atom stereocenters. The van der Waals surface area contributed by atoms with Gasteiger partial charge < -0.3 is 4.90 Å². The van der Waals surface area contributed by atoms with Crippen LogP contribution in [0.3, 0.4) is 0 Å². The van der Waals surface area contributed by atoms with E-state index in [1.807, 2.05) is 23.5 Å². The Hall–Kier alpha value is -3.18. The number of fused-ring (bicyclic) bond motifs is 1. The van der Waals surface area contributed by atoms with Crippen LogP contribution >= 0.6 is 11.6 Å². The van der Waals surface area contributed by atoms with Crippen molar-refractivity contribution in [2.24, 2.45) is 0 Å². The molecule has 4 rings (SSSR count). The highest BCUT2D eigenvalue weighted by molar-refractivity contribution is 6.30. The molecule has 1 amide bonds. The zero-order chi connectivity index (χ0) is 19.0. The summed E-state index contributed by atoms with van der Waals surface area (Å²) in [6, 6.07) is 15.3. The number of hydrogen-bond acceptors (Lipinski definition) is 3. The number of hydrogen-bond donors (Lipinski definition) is 0. The van der Waals surface area contributed by atoms with Crippen molar-refractivity contribution in [2.75, 3.05) is 11.9 Å². The zero-order valence-electron chi connectivity index (χ0n) is 14.9. The Morgan fingerprint density at radius 3 is 2.41 bits per heavy atom. The first-order chi connectivity index (χ1) is 13.0. The van der Waals surface area contributed by atoms with Gasteiger partial charge in [-0.25, -0.2) is 9.97 Å². The van der Waals surface area contributed by atoms with E-state index in [2.05, 4.69) is 22.1 Å². The molecule has 6 heteroatoms. The molecule has 0 aliphatic carbocycles. The summed E-state index contributed by atoms with van der Waals surface area (Å²) >= 11 is 5.93. The lowest BCUT2D eigenvalue weighted by Gasteiger charge is -2.17. The van der Waals surface area contributed by atoms with E-state index in [0.29, 0.717) is 16.4 Å². The maximum atomic E-state index is 12.9. The van der Waals surface area contributed by atoms with Crippen LogP contribution in [0.15, 0.2) is 67.1 Å². The second-order valence-electron chi connectivity index (χ2n) is 6.35. The fourth-order valence-electron chi connectivity index (χ4n) is 2.89. The fraction of sp³-hybridized carbons (Fsp3) is 0.0952. The first-order valence-corrected chi connectivity index (χ1v) is 8.84. The topological polar surface area (TPSA) is 50.5 Å². The molecule has 0 aliphatic rings. The van der Waals surface area contributed by atoms with E-state index in [-0.39, 0.29) is 5.91 Å². The smallest absolute Gasteiger partial charge is 0.278 e. The van der Waals surface area contributed by atoms with Crippen molar-refractivity contribution in [1.82, 2.24) is 14.4 Å². The summed E-state index contributed by atoms with van der Waals surface area (Å²) in [5.74, 6) is -0.206. The van der Waals surface area contributed by atoms with E-state index in [0.717, 1.165) is 16.9 Å². The van der Waals surface area contributed by atoms with Crippen LogP contribution in [0, 0.1) is 6.92 Å². The summed E-state index contributed by atoms with van der Waals surface area (Å²) in [6.07, 6.45) is 5.13. The molecule has 0 saturated heterocycles. The standard InChI is InChI=1S/C21H17ClN4O/c1-14-3-5-15(6-4-14)19-11-24-20-12-23-18(13-26(19)20)21(27)25(2)17-9-7-16(22)8-10-17/h3-13H,1-2H3. The van der Waals surface area contributed by atoms with E-state index >= 15 is 0 Å². The Morgan fingerprint density at radius 2 is 1.70 bits per heavy atom. The zero-order valence-corrected chi connectivity index (χ0v) is 15.7. The maximum Gasteiger partial charge on any atom is 0.278 e. The number of anilines is 1. The third-order valence-electron chi connectivity index (χ3n) is 4.48. The molecule has 0 bridgehead atoms. The highest BCUT2D eigenvalue weighted by Crippen LogP contribution is 2.22. The molecule has 0 fully saturated rings. The first kappa shape index (κ1) is 17.2. The van der Waals surface area contributed by atoms with E-state index in [1.54, 1.807) is 54.8 Å². The molecule has 27 heavy (non-hydrogen) atoms. The number of carbonyl (C=O) groups is 1. The number of aryl methyl sites for hydroxylation is 1. The van der Waals surface area contributed by atoms with Gasteiger partial charge in [-0.15, -0.1) is 0 Å².